The van der Waals surface area contributed by atoms with Gasteiger partial charge in [0.25, 0.3) is 0 Å². The van der Waals surface area contributed by atoms with Gasteiger partial charge in [-0.2, -0.15) is 5.10 Å². The molecule has 1 aromatic heterocycles. The quantitative estimate of drug-likeness (QED) is 0.862. The molecule has 2 aromatic rings. The van der Waals surface area contributed by atoms with Gasteiger partial charge in [-0.15, -0.1) is 0 Å². The van der Waals surface area contributed by atoms with Gasteiger partial charge in [0.1, 0.15) is 0 Å². The van der Waals surface area contributed by atoms with Crippen molar-refractivity contribution in [1.82, 2.24) is 9.78 Å². The van der Waals surface area contributed by atoms with Crippen LogP contribution in [0, 0.1) is 0 Å². The summed E-state index contributed by atoms with van der Waals surface area (Å²) in [6.07, 6.45) is 6.71. The summed E-state index contributed by atoms with van der Waals surface area (Å²) in [7, 11) is -1.40. The maximum absolute atomic E-state index is 11.2. The smallest absolute Gasteiger partial charge is 0.229 e. The fourth-order valence-electron chi connectivity index (χ4n) is 2.18. The Morgan fingerprint density at radius 3 is 2.50 bits per heavy atom. The molecule has 0 amide bonds. The number of rotatable bonds is 5. The van der Waals surface area contributed by atoms with Gasteiger partial charge in [-0.05, 0) is 30.2 Å². The first-order valence-corrected chi connectivity index (χ1v) is 8.61. The molecular weight excluding hydrogens is 298 g/mol. The first-order valence-electron chi connectivity index (χ1n) is 6.72. The third-order valence-corrected chi connectivity index (χ3v) is 3.68. The first-order chi connectivity index (χ1) is 10.3. The Bertz CT molecular complexity index is 816. The Morgan fingerprint density at radius 2 is 1.95 bits per heavy atom. The lowest BCUT2D eigenvalue weighted by Gasteiger charge is -2.06. The molecule has 0 spiro atoms. The van der Waals surface area contributed by atoms with Crippen molar-refractivity contribution in [1.29, 1.82) is 0 Å². The minimum atomic E-state index is -3.27. The molecule has 22 heavy (non-hydrogen) atoms. The van der Waals surface area contributed by atoms with E-state index in [-0.39, 0.29) is 0 Å². The van der Waals surface area contributed by atoms with Gasteiger partial charge in [0.2, 0.25) is 10.0 Å². The molecule has 0 aliphatic heterocycles. The highest BCUT2D eigenvalue weighted by Crippen LogP contribution is 2.28. The Balaban J connectivity index is 2.41. The van der Waals surface area contributed by atoms with Crippen LogP contribution in [0.5, 0.6) is 0 Å². The van der Waals surface area contributed by atoms with Crippen LogP contribution >= 0.6 is 0 Å². The van der Waals surface area contributed by atoms with Crippen LogP contribution in [0.15, 0.2) is 49.2 Å². The number of aryl methyl sites for hydroxylation is 1. The summed E-state index contributed by atoms with van der Waals surface area (Å²) in [6.45, 7) is 5.68. The van der Waals surface area contributed by atoms with E-state index >= 15 is 0 Å². The predicted molar refractivity (Wildman–Crippen MR) is 91.0 cm³/mol. The second-order valence-electron chi connectivity index (χ2n) is 5.10. The van der Waals surface area contributed by atoms with Gasteiger partial charge < -0.3 is 0 Å². The second kappa shape index (κ2) is 6.19. The molecule has 1 aromatic carbocycles. The fraction of sp³-hybridized carbons (Fsp3) is 0.188. The van der Waals surface area contributed by atoms with E-state index in [4.69, 9.17) is 0 Å². The third-order valence-electron chi connectivity index (χ3n) is 3.07. The van der Waals surface area contributed by atoms with Gasteiger partial charge in [-0.3, -0.25) is 9.40 Å². The maximum atomic E-state index is 11.2. The summed E-state index contributed by atoms with van der Waals surface area (Å²) in [5.74, 6) is 0. The molecular formula is C16H19N3O2S. The summed E-state index contributed by atoms with van der Waals surface area (Å²) in [4.78, 5) is 0. The van der Waals surface area contributed by atoms with Crippen LogP contribution < -0.4 is 4.72 Å². The van der Waals surface area contributed by atoms with Crippen LogP contribution in [-0.2, 0) is 17.1 Å². The number of anilines is 1. The average Bonchev–Trinajstić information content (AvgIpc) is 2.80. The molecule has 0 radical (unpaired) electrons. The summed E-state index contributed by atoms with van der Waals surface area (Å²) in [6, 6.07) is 7.21. The molecule has 0 saturated carbocycles. The van der Waals surface area contributed by atoms with Gasteiger partial charge in [0, 0.05) is 24.5 Å². The van der Waals surface area contributed by atoms with E-state index in [1.165, 1.54) is 0 Å². The van der Waals surface area contributed by atoms with Crippen molar-refractivity contribution >= 4 is 21.3 Å². The molecule has 0 aliphatic carbocycles. The van der Waals surface area contributed by atoms with Gasteiger partial charge in [-0.25, -0.2) is 8.42 Å². The molecule has 116 valence electrons. The third kappa shape index (κ3) is 3.85. The topological polar surface area (TPSA) is 64.0 Å². The first kappa shape index (κ1) is 16.0. The highest BCUT2D eigenvalue weighted by Gasteiger charge is 2.11. The number of hydrogen-bond acceptors (Lipinski definition) is 3. The Hall–Kier alpha value is -2.34. The molecule has 2 rings (SSSR count). The SMILES string of the molecule is C=CC=C(C)c1nn(C)cc1-c1ccc(NS(C)(=O)=O)cc1. The normalized spacial score (nSPS) is 12.2. The zero-order chi connectivity index (χ0) is 16.3. The number of allylic oxidation sites excluding steroid dienone is 3. The van der Waals surface area contributed by atoms with E-state index in [0.717, 1.165) is 28.6 Å². The zero-order valence-corrected chi connectivity index (χ0v) is 13.7. The van der Waals surface area contributed by atoms with Crippen molar-refractivity contribution in [3.05, 3.63) is 54.9 Å². The molecule has 0 unspecified atom stereocenters. The molecule has 0 aliphatic rings. The van der Waals surface area contributed by atoms with Crippen LogP contribution in [0.1, 0.15) is 12.6 Å². The zero-order valence-electron chi connectivity index (χ0n) is 12.9. The van der Waals surface area contributed by atoms with Crippen molar-refractivity contribution in [2.24, 2.45) is 7.05 Å². The van der Waals surface area contributed by atoms with Crippen molar-refractivity contribution in [3.63, 3.8) is 0 Å². The molecule has 6 heteroatoms. The lowest BCUT2D eigenvalue weighted by Crippen LogP contribution is -2.09. The lowest BCUT2D eigenvalue weighted by atomic mass is 10.0. The van der Waals surface area contributed by atoms with Crippen molar-refractivity contribution in [3.8, 4) is 11.1 Å². The highest BCUT2D eigenvalue weighted by atomic mass is 32.2. The van der Waals surface area contributed by atoms with E-state index in [2.05, 4.69) is 16.4 Å². The average molecular weight is 317 g/mol. The van der Waals surface area contributed by atoms with Crippen LogP contribution in [0.3, 0.4) is 0 Å². The number of hydrogen-bond donors (Lipinski definition) is 1. The number of nitrogens with one attached hydrogen (secondary N) is 1. The summed E-state index contributed by atoms with van der Waals surface area (Å²) in [5.41, 5.74) is 4.40. The van der Waals surface area contributed by atoms with Gasteiger partial charge in [-0.1, -0.05) is 30.9 Å². The van der Waals surface area contributed by atoms with E-state index < -0.39 is 10.0 Å². The van der Waals surface area contributed by atoms with Crippen LogP contribution in [0.2, 0.25) is 0 Å². The van der Waals surface area contributed by atoms with Crippen molar-refractivity contribution in [2.45, 2.75) is 6.92 Å². The summed E-state index contributed by atoms with van der Waals surface area (Å²) >= 11 is 0. The van der Waals surface area contributed by atoms with E-state index in [9.17, 15) is 8.42 Å². The molecule has 5 nitrogen and oxygen atoms in total. The lowest BCUT2D eigenvalue weighted by molar-refractivity contribution is 0.607. The van der Waals surface area contributed by atoms with Crippen LogP contribution in [0.25, 0.3) is 16.7 Å². The van der Waals surface area contributed by atoms with Gasteiger partial charge in [0.15, 0.2) is 0 Å². The van der Waals surface area contributed by atoms with Crippen molar-refractivity contribution < 1.29 is 8.42 Å². The van der Waals surface area contributed by atoms with E-state index in [1.807, 2.05) is 38.4 Å². The largest absolute Gasteiger partial charge is 0.284 e. The highest BCUT2D eigenvalue weighted by molar-refractivity contribution is 7.92. The van der Waals surface area contributed by atoms with E-state index in [0.29, 0.717) is 5.69 Å². The van der Waals surface area contributed by atoms with Crippen LogP contribution in [0.4, 0.5) is 5.69 Å². The molecule has 0 saturated heterocycles. The Labute approximate surface area is 131 Å². The number of aromatic nitrogens is 2. The molecule has 0 atom stereocenters. The monoisotopic (exact) mass is 317 g/mol. The molecule has 1 N–H and O–H groups in total. The maximum Gasteiger partial charge on any atom is 0.229 e. The minimum absolute atomic E-state index is 0.537. The van der Waals surface area contributed by atoms with Crippen LogP contribution in [-0.4, -0.2) is 24.5 Å². The number of sulfonamides is 1. The standard InChI is InChI=1S/C16H19N3O2S/c1-5-6-12(2)16-15(11-19(3)17-16)13-7-9-14(10-8-13)18-22(4,20)21/h5-11,18H,1H2,2-4H3. The van der Waals surface area contributed by atoms with Crippen molar-refractivity contribution in [2.75, 3.05) is 11.0 Å². The summed E-state index contributed by atoms with van der Waals surface area (Å²) < 4.78 is 26.7. The number of nitrogens with zero attached hydrogens (tertiary/aromatic N) is 2. The molecule has 0 fully saturated rings. The van der Waals surface area contributed by atoms with E-state index in [1.54, 1.807) is 22.9 Å². The predicted octanol–water partition coefficient (Wildman–Crippen LogP) is 3.05. The fourth-order valence-corrected chi connectivity index (χ4v) is 2.74. The van der Waals surface area contributed by atoms with Gasteiger partial charge >= 0.3 is 0 Å². The molecule has 0 bridgehead atoms. The number of benzene rings is 1. The Kier molecular flexibility index (Phi) is 4.51. The Morgan fingerprint density at radius 1 is 1.32 bits per heavy atom. The minimum Gasteiger partial charge on any atom is -0.284 e. The second-order valence-corrected chi connectivity index (χ2v) is 6.85. The molecule has 1 heterocycles. The van der Waals surface area contributed by atoms with Gasteiger partial charge in [0.05, 0.1) is 11.9 Å². The summed E-state index contributed by atoms with van der Waals surface area (Å²) in [5, 5.41) is 4.48.